The van der Waals surface area contributed by atoms with Crippen LogP contribution in [-0.2, 0) is 13.1 Å². The largest absolute Gasteiger partial charge is 0.489 e. The Morgan fingerprint density at radius 3 is 3.00 bits per heavy atom. The molecule has 0 saturated heterocycles. The van der Waals surface area contributed by atoms with E-state index in [9.17, 15) is 0 Å². The van der Waals surface area contributed by atoms with Gasteiger partial charge in [-0.3, -0.25) is 4.90 Å². The fourth-order valence-electron chi connectivity index (χ4n) is 2.95. The van der Waals surface area contributed by atoms with Crippen LogP contribution in [0, 0.1) is 0 Å². The molecule has 2 aromatic rings. The minimum atomic E-state index is 0.748. The van der Waals surface area contributed by atoms with Gasteiger partial charge >= 0.3 is 0 Å². The molecule has 1 fully saturated rings. The minimum Gasteiger partial charge on any atom is -0.489 e. The fourth-order valence-corrected chi connectivity index (χ4v) is 3.61. The molecule has 110 valence electrons. The Kier molecular flexibility index (Phi) is 3.57. The molecule has 4 heteroatoms. The van der Waals surface area contributed by atoms with Crippen molar-refractivity contribution in [2.45, 2.75) is 32.0 Å². The van der Waals surface area contributed by atoms with Crippen molar-refractivity contribution in [3.63, 3.8) is 0 Å². The molecule has 1 aromatic heterocycles. The summed E-state index contributed by atoms with van der Waals surface area (Å²) < 4.78 is 5.90. The number of benzene rings is 1. The molecule has 0 atom stereocenters. The fraction of sp³-hybridized carbons (Fsp3) is 0.412. The summed E-state index contributed by atoms with van der Waals surface area (Å²) in [6.07, 6.45) is 2.66. The van der Waals surface area contributed by atoms with Crippen LogP contribution in [0.2, 0.25) is 0 Å². The molecule has 1 saturated carbocycles. The van der Waals surface area contributed by atoms with Crippen LogP contribution in [0.25, 0.3) is 0 Å². The number of hydrogen-bond acceptors (Lipinski definition) is 4. The molecule has 1 N–H and O–H groups in total. The first-order valence-corrected chi connectivity index (χ1v) is 8.58. The molecule has 21 heavy (non-hydrogen) atoms. The van der Waals surface area contributed by atoms with Crippen molar-refractivity contribution in [2.75, 3.05) is 18.5 Å². The molecule has 0 radical (unpaired) electrons. The second-order valence-electron chi connectivity index (χ2n) is 5.84. The van der Waals surface area contributed by atoms with E-state index in [4.69, 9.17) is 4.74 Å². The Labute approximate surface area is 129 Å². The van der Waals surface area contributed by atoms with Crippen molar-refractivity contribution in [1.82, 2.24) is 4.90 Å². The maximum Gasteiger partial charge on any atom is 0.146 e. The van der Waals surface area contributed by atoms with E-state index in [1.165, 1.54) is 24.0 Å². The lowest BCUT2D eigenvalue weighted by Gasteiger charge is -2.26. The quantitative estimate of drug-likeness (QED) is 0.911. The van der Waals surface area contributed by atoms with Gasteiger partial charge in [-0.15, -0.1) is 0 Å². The van der Waals surface area contributed by atoms with Gasteiger partial charge in [0.25, 0.3) is 0 Å². The van der Waals surface area contributed by atoms with Gasteiger partial charge in [0.05, 0.1) is 5.69 Å². The zero-order chi connectivity index (χ0) is 14.1. The lowest BCUT2D eigenvalue weighted by atomic mass is 10.1. The molecule has 0 amide bonds. The lowest BCUT2D eigenvalue weighted by Crippen LogP contribution is -2.26. The zero-order valence-corrected chi connectivity index (χ0v) is 12.9. The number of hydrogen-bond donors (Lipinski definition) is 1. The molecular formula is C17H20N2OS. The highest BCUT2D eigenvalue weighted by Gasteiger charge is 2.30. The number of para-hydroxylation sites is 1. The highest BCUT2D eigenvalue weighted by atomic mass is 32.1. The van der Waals surface area contributed by atoms with E-state index < -0.39 is 0 Å². The van der Waals surface area contributed by atoms with E-state index >= 15 is 0 Å². The third kappa shape index (κ3) is 2.92. The van der Waals surface area contributed by atoms with Crippen LogP contribution in [-0.4, -0.2) is 24.1 Å². The Bertz CT molecular complexity index is 607. The first-order chi connectivity index (χ1) is 10.4. The summed E-state index contributed by atoms with van der Waals surface area (Å²) >= 11 is 1.78. The summed E-state index contributed by atoms with van der Waals surface area (Å²) in [7, 11) is 0. The standard InChI is InChI=1S/C17H20N2OS/c1-2-14(17-16(3-1)18-7-8-20-17)11-19(15-4-5-15)10-13-6-9-21-12-13/h1-3,6,9,12,15,18H,4-5,7-8,10-11H2. The molecule has 1 aliphatic heterocycles. The predicted octanol–water partition coefficient (Wildman–Crippen LogP) is 3.72. The first kappa shape index (κ1) is 13.2. The summed E-state index contributed by atoms with van der Waals surface area (Å²) in [6, 6.07) is 9.43. The third-order valence-electron chi connectivity index (χ3n) is 4.16. The molecular weight excluding hydrogens is 280 g/mol. The average Bonchev–Trinajstić information content (AvgIpc) is 3.25. The molecule has 0 bridgehead atoms. The number of thiophene rings is 1. The van der Waals surface area contributed by atoms with Gasteiger partial charge in [0.1, 0.15) is 12.4 Å². The molecule has 0 spiro atoms. The Morgan fingerprint density at radius 2 is 2.19 bits per heavy atom. The number of nitrogens with zero attached hydrogens (tertiary/aromatic N) is 1. The molecule has 2 aliphatic rings. The maximum absolute atomic E-state index is 5.90. The molecule has 0 unspecified atom stereocenters. The highest BCUT2D eigenvalue weighted by Crippen LogP contribution is 2.35. The van der Waals surface area contributed by atoms with Gasteiger partial charge in [-0.25, -0.2) is 0 Å². The van der Waals surface area contributed by atoms with Gasteiger partial charge in [-0.05, 0) is 41.3 Å². The van der Waals surface area contributed by atoms with Gasteiger partial charge in [0.2, 0.25) is 0 Å². The first-order valence-electron chi connectivity index (χ1n) is 7.64. The van der Waals surface area contributed by atoms with Crippen molar-refractivity contribution >= 4 is 17.0 Å². The summed E-state index contributed by atoms with van der Waals surface area (Å²) in [6.45, 7) is 3.69. The smallest absolute Gasteiger partial charge is 0.146 e. The van der Waals surface area contributed by atoms with Crippen LogP contribution in [0.3, 0.4) is 0 Å². The summed E-state index contributed by atoms with van der Waals surface area (Å²) in [4.78, 5) is 2.59. The number of fused-ring (bicyclic) bond motifs is 1. The molecule has 1 aliphatic carbocycles. The van der Waals surface area contributed by atoms with E-state index in [0.717, 1.165) is 43.7 Å². The van der Waals surface area contributed by atoms with Gasteiger partial charge in [0.15, 0.2) is 0 Å². The second-order valence-corrected chi connectivity index (χ2v) is 6.62. The van der Waals surface area contributed by atoms with E-state index in [2.05, 4.69) is 45.2 Å². The topological polar surface area (TPSA) is 24.5 Å². The maximum atomic E-state index is 5.90. The van der Waals surface area contributed by atoms with Crippen molar-refractivity contribution in [3.8, 4) is 5.75 Å². The Hall–Kier alpha value is -1.52. The summed E-state index contributed by atoms with van der Waals surface area (Å²) in [5.74, 6) is 1.06. The van der Waals surface area contributed by atoms with Gasteiger partial charge < -0.3 is 10.1 Å². The van der Waals surface area contributed by atoms with Gasteiger partial charge in [0, 0.05) is 31.2 Å². The lowest BCUT2D eigenvalue weighted by molar-refractivity contribution is 0.238. The van der Waals surface area contributed by atoms with Gasteiger partial charge in [-0.2, -0.15) is 11.3 Å². The van der Waals surface area contributed by atoms with Crippen molar-refractivity contribution < 1.29 is 4.74 Å². The van der Waals surface area contributed by atoms with E-state index in [0.29, 0.717) is 0 Å². The van der Waals surface area contributed by atoms with Crippen LogP contribution < -0.4 is 10.1 Å². The van der Waals surface area contributed by atoms with Gasteiger partial charge in [-0.1, -0.05) is 12.1 Å². The van der Waals surface area contributed by atoms with Crippen molar-refractivity contribution in [1.29, 1.82) is 0 Å². The number of nitrogens with one attached hydrogen (secondary N) is 1. The van der Waals surface area contributed by atoms with E-state index in [1.807, 2.05) is 0 Å². The number of ether oxygens (including phenoxy) is 1. The Balaban J connectivity index is 1.55. The van der Waals surface area contributed by atoms with E-state index in [-0.39, 0.29) is 0 Å². The minimum absolute atomic E-state index is 0.748. The SMILES string of the molecule is c1cc(CN(Cc2ccsc2)C2CC2)c2c(c1)NCCO2. The molecule has 2 heterocycles. The van der Waals surface area contributed by atoms with Crippen molar-refractivity contribution in [3.05, 3.63) is 46.2 Å². The predicted molar refractivity (Wildman–Crippen MR) is 87.0 cm³/mol. The zero-order valence-electron chi connectivity index (χ0n) is 12.0. The Morgan fingerprint density at radius 1 is 1.24 bits per heavy atom. The van der Waals surface area contributed by atoms with Crippen molar-refractivity contribution in [2.24, 2.45) is 0 Å². The molecule has 3 nitrogen and oxygen atoms in total. The molecule has 4 rings (SSSR count). The number of anilines is 1. The average molecular weight is 300 g/mol. The monoisotopic (exact) mass is 300 g/mol. The summed E-state index contributed by atoms with van der Waals surface area (Å²) in [5, 5.41) is 7.85. The number of rotatable bonds is 5. The molecule has 1 aromatic carbocycles. The van der Waals surface area contributed by atoms with Crippen LogP contribution >= 0.6 is 11.3 Å². The third-order valence-corrected chi connectivity index (χ3v) is 4.90. The van der Waals surface area contributed by atoms with Crippen LogP contribution in [0.5, 0.6) is 5.75 Å². The highest BCUT2D eigenvalue weighted by molar-refractivity contribution is 7.07. The van der Waals surface area contributed by atoms with Crippen LogP contribution in [0.15, 0.2) is 35.0 Å². The normalized spacial score (nSPS) is 17.2. The summed E-state index contributed by atoms with van der Waals surface area (Å²) in [5.41, 5.74) is 3.88. The second kappa shape index (κ2) is 5.70. The van der Waals surface area contributed by atoms with E-state index in [1.54, 1.807) is 11.3 Å². The van der Waals surface area contributed by atoms with Crippen LogP contribution in [0.1, 0.15) is 24.0 Å². The van der Waals surface area contributed by atoms with Crippen LogP contribution in [0.4, 0.5) is 5.69 Å².